The lowest BCUT2D eigenvalue weighted by atomic mass is 10.4. The molecule has 0 unspecified atom stereocenters. The van der Waals surface area contributed by atoms with Crippen molar-refractivity contribution in [3.8, 4) is 0 Å². The fourth-order valence-corrected chi connectivity index (χ4v) is 4.01. The highest BCUT2D eigenvalue weighted by Crippen LogP contribution is 2.25. The molecule has 114 valence electrons. The lowest BCUT2D eigenvalue weighted by Gasteiger charge is -2.15. The van der Waals surface area contributed by atoms with E-state index < -0.39 is 21.8 Å². The van der Waals surface area contributed by atoms with Crippen molar-refractivity contribution < 1.29 is 22.7 Å². The summed E-state index contributed by atoms with van der Waals surface area (Å²) in [5.74, 6) is -1.65. The maximum atomic E-state index is 12.5. The molecule has 9 heteroatoms. The van der Waals surface area contributed by atoms with E-state index >= 15 is 0 Å². The van der Waals surface area contributed by atoms with Crippen LogP contribution in [0.15, 0.2) is 21.6 Å². The highest BCUT2D eigenvalue weighted by molar-refractivity contribution is 7.89. The summed E-state index contributed by atoms with van der Waals surface area (Å²) in [7, 11) is -2.39. The van der Waals surface area contributed by atoms with Gasteiger partial charge in [0, 0.05) is 30.7 Å². The van der Waals surface area contributed by atoms with Gasteiger partial charge in [0.05, 0.1) is 5.01 Å². The lowest BCUT2D eigenvalue weighted by Crippen LogP contribution is -2.26. The number of furan rings is 1. The zero-order valence-corrected chi connectivity index (χ0v) is 13.3. The fraction of sp³-hybridized carbons (Fsp3) is 0.333. The quantitative estimate of drug-likeness (QED) is 0.898. The summed E-state index contributed by atoms with van der Waals surface area (Å²) < 4.78 is 31.0. The number of thiazole rings is 1. The zero-order valence-electron chi connectivity index (χ0n) is 11.7. The third kappa shape index (κ3) is 3.14. The van der Waals surface area contributed by atoms with E-state index in [1.165, 1.54) is 25.3 Å². The molecule has 0 radical (unpaired) electrons. The topological polar surface area (TPSA) is 101 Å². The molecular weight excluding hydrogens is 316 g/mol. The molecule has 0 bridgehead atoms. The molecule has 2 aromatic heterocycles. The van der Waals surface area contributed by atoms with E-state index in [1.807, 2.05) is 6.92 Å². The monoisotopic (exact) mass is 330 g/mol. The van der Waals surface area contributed by atoms with Crippen LogP contribution in [0.3, 0.4) is 0 Å². The number of rotatable bonds is 5. The number of sulfonamides is 1. The van der Waals surface area contributed by atoms with Crippen LogP contribution in [0.2, 0.25) is 0 Å². The number of nitrogens with zero attached hydrogens (tertiary/aromatic N) is 2. The molecular formula is C12H14N2O5S2. The maximum absolute atomic E-state index is 12.5. The number of carbonyl (C=O) groups is 1. The highest BCUT2D eigenvalue weighted by atomic mass is 32.2. The van der Waals surface area contributed by atoms with Crippen molar-refractivity contribution in [2.75, 3.05) is 7.05 Å². The van der Waals surface area contributed by atoms with Gasteiger partial charge in [-0.2, -0.15) is 4.31 Å². The standard InChI is InChI=1S/C12H14N2O5S2/c1-7-11(4-10(19-7)12(15)16)21(17,18)14(3)6-9-5-13-8(2)20-9/h4-5H,6H2,1-3H3,(H,15,16). The number of hydrogen-bond donors (Lipinski definition) is 1. The first-order valence-corrected chi connectivity index (χ1v) is 8.19. The minimum Gasteiger partial charge on any atom is -0.475 e. The summed E-state index contributed by atoms with van der Waals surface area (Å²) in [4.78, 5) is 15.6. The molecule has 0 aliphatic carbocycles. The lowest BCUT2D eigenvalue weighted by molar-refractivity contribution is 0.0661. The van der Waals surface area contributed by atoms with Crippen molar-refractivity contribution in [3.63, 3.8) is 0 Å². The first-order chi connectivity index (χ1) is 9.71. The Morgan fingerprint density at radius 2 is 2.14 bits per heavy atom. The molecule has 0 atom stereocenters. The Balaban J connectivity index is 2.30. The Hall–Kier alpha value is -1.71. The van der Waals surface area contributed by atoms with Gasteiger partial charge in [0.1, 0.15) is 10.7 Å². The van der Waals surface area contributed by atoms with Gasteiger partial charge in [0.15, 0.2) is 0 Å². The van der Waals surface area contributed by atoms with Crippen molar-refractivity contribution in [1.82, 2.24) is 9.29 Å². The van der Waals surface area contributed by atoms with Crippen LogP contribution in [0.4, 0.5) is 0 Å². The van der Waals surface area contributed by atoms with Crippen LogP contribution in [0.5, 0.6) is 0 Å². The van der Waals surface area contributed by atoms with E-state index in [2.05, 4.69) is 4.98 Å². The smallest absolute Gasteiger partial charge is 0.371 e. The highest BCUT2D eigenvalue weighted by Gasteiger charge is 2.28. The molecule has 1 N–H and O–H groups in total. The maximum Gasteiger partial charge on any atom is 0.371 e. The normalized spacial score (nSPS) is 12.0. The summed E-state index contributed by atoms with van der Waals surface area (Å²) in [5, 5.41) is 9.71. The number of hydrogen-bond acceptors (Lipinski definition) is 6. The molecule has 0 saturated heterocycles. The van der Waals surface area contributed by atoms with Crippen LogP contribution in [-0.4, -0.2) is 35.8 Å². The van der Waals surface area contributed by atoms with E-state index in [9.17, 15) is 13.2 Å². The number of aryl methyl sites for hydroxylation is 2. The Morgan fingerprint density at radius 3 is 2.62 bits per heavy atom. The molecule has 0 aromatic carbocycles. The van der Waals surface area contributed by atoms with Gasteiger partial charge in [0.2, 0.25) is 15.8 Å². The summed E-state index contributed by atoms with van der Waals surface area (Å²) in [6.07, 6.45) is 1.62. The Labute approximate surface area is 125 Å². The molecule has 0 saturated carbocycles. The van der Waals surface area contributed by atoms with E-state index in [0.29, 0.717) is 0 Å². The van der Waals surface area contributed by atoms with Gasteiger partial charge in [0.25, 0.3) is 0 Å². The van der Waals surface area contributed by atoms with E-state index in [1.54, 1.807) is 6.20 Å². The van der Waals surface area contributed by atoms with Gasteiger partial charge in [-0.15, -0.1) is 11.3 Å². The van der Waals surface area contributed by atoms with Gasteiger partial charge in [-0.3, -0.25) is 0 Å². The molecule has 0 spiro atoms. The second-order valence-corrected chi connectivity index (χ2v) is 7.78. The van der Waals surface area contributed by atoms with Crippen LogP contribution in [-0.2, 0) is 16.6 Å². The summed E-state index contributed by atoms with van der Waals surface area (Å²) in [5.41, 5.74) is 0. The van der Waals surface area contributed by atoms with Crippen LogP contribution in [0.1, 0.15) is 26.2 Å². The molecule has 0 amide bonds. The Morgan fingerprint density at radius 1 is 1.48 bits per heavy atom. The van der Waals surface area contributed by atoms with Crippen LogP contribution in [0, 0.1) is 13.8 Å². The third-order valence-corrected chi connectivity index (χ3v) is 5.63. The van der Waals surface area contributed by atoms with Gasteiger partial charge in [-0.25, -0.2) is 18.2 Å². The molecule has 2 rings (SSSR count). The molecule has 0 fully saturated rings. The van der Waals surface area contributed by atoms with Crippen molar-refractivity contribution in [2.24, 2.45) is 0 Å². The average molecular weight is 330 g/mol. The van der Waals surface area contributed by atoms with Crippen molar-refractivity contribution >= 4 is 27.3 Å². The molecule has 2 heterocycles. The molecule has 2 aromatic rings. The predicted octanol–water partition coefficient (Wildman–Crippen LogP) is 1.87. The largest absolute Gasteiger partial charge is 0.475 e. The van der Waals surface area contributed by atoms with E-state index in [0.717, 1.165) is 20.3 Å². The summed E-state index contributed by atoms with van der Waals surface area (Å²) >= 11 is 1.41. The Kier molecular flexibility index (Phi) is 4.17. The van der Waals surface area contributed by atoms with Gasteiger partial charge >= 0.3 is 5.97 Å². The molecule has 7 nitrogen and oxygen atoms in total. The minimum atomic E-state index is -3.82. The number of carboxylic acid groups (broad SMARTS) is 1. The van der Waals surface area contributed by atoms with Crippen molar-refractivity contribution in [3.05, 3.63) is 33.7 Å². The van der Waals surface area contributed by atoms with Crippen molar-refractivity contribution in [1.29, 1.82) is 0 Å². The fourth-order valence-electron chi connectivity index (χ4n) is 1.78. The van der Waals surface area contributed by atoms with E-state index in [4.69, 9.17) is 9.52 Å². The van der Waals surface area contributed by atoms with Gasteiger partial charge in [-0.05, 0) is 13.8 Å². The molecule has 21 heavy (non-hydrogen) atoms. The summed E-state index contributed by atoms with van der Waals surface area (Å²) in [6.45, 7) is 3.42. The van der Waals surface area contributed by atoms with Crippen LogP contribution in [0.25, 0.3) is 0 Å². The second kappa shape index (κ2) is 5.58. The predicted molar refractivity (Wildman–Crippen MR) is 75.9 cm³/mol. The Bertz CT molecular complexity index is 775. The zero-order chi connectivity index (χ0) is 15.8. The SMILES string of the molecule is Cc1ncc(CN(C)S(=O)(=O)c2cc(C(=O)O)oc2C)s1. The first kappa shape index (κ1) is 15.7. The number of aromatic carboxylic acids is 1. The first-order valence-electron chi connectivity index (χ1n) is 5.93. The molecule has 0 aliphatic heterocycles. The summed E-state index contributed by atoms with van der Waals surface area (Å²) in [6, 6.07) is 1.03. The second-order valence-electron chi connectivity index (χ2n) is 4.44. The van der Waals surface area contributed by atoms with E-state index in [-0.39, 0.29) is 17.2 Å². The van der Waals surface area contributed by atoms with Crippen LogP contribution < -0.4 is 0 Å². The third-order valence-electron chi connectivity index (χ3n) is 2.82. The van der Waals surface area contributed by atoms with Crippen LogP contribution >= 0.6 is 11.3 Å². The molecule has 0 aliphatic rings. The van der Waals surface area contributed by atoms with Gasteiger partial charge in [-0.1, -0.05) is 0 Å². The van der Waals surface area contributed by atoms with Crippen molar-refractivity contribution in [2.45, 2.75) is 25.3 Å². The number of carboxylic acids is 1. The number of aromatic nitrogens is 1. The van der Waals surface area contributed by atoms with Gasteiger partial charge < -0.3 is 9.52 Å². The average Bonchev–Trinajstić information content (AvgIpc) is 2.96. The minimum absolute atomic E-state index is 0.0553.